The monoisotopic (exact) mass is 722 g/mol. The molecule has 1 heteroatoms. The number of hydrogen-bond acceptors (Lipinski definition) is 1. The maximum Gasteiger partial charge on any atom is 0.132 e. The van der Waals surface area contributed by atoms with Crippen molar-refractivity contribution in [1.82, 2.24) is 0 Å². The number of rotatable bonds is 3. The van der Waals surface area contributed by atoms with Crippen LogP contribution < -0.4 is 4.74 Å². The summed E-state index contributed by atoms with van der Waals surface area (Å²) in [5, 5.41) is 17.9. The molecule has 13 rings (SSSR count). The quantitative estimate of drug-likeness (QED) is 0.165. The van der Waals surface area contributed by atoms with Gasteiger partial charge in [-0.1, -0.05) is 164 Å². The molecule has 11 aromatic rings. The summed E-state index contributed by atoms with van der Waals surface area (Å²) in [7, 11) is 0. The number of allylic oxidation sites excluding steroid dienone is 2. The molecule has 1 nitrogen and oxygen atoms in total. The first-order valence-electron chi connectivity index (χ1n) is 20.0. The largest absolute Gasteiger partial charge is 0.484 e. The molecule has 1 aliphatic heterocycles. The molecule has 2 aliphatic rings. The van der Waals surface area contributed by atoms with Crippen LogP contribution in [-0.2, 0) is 0 Å². The fraction of sp³-hybridized carbons (Fsp3) is 0.0357. The van der Waals surface area contributed by atoms with Crippen LogP contribution in [0.25, 0.3) is 103 Å². The molecule has 11 aromatic carbocycles. The minimum atomic E-state index is -0.0994. The van der Waals surface area contributed by atoms with Crippen LogP contribution in [0.2, 0.25) is 0 Å². The van der Waals surface area contributed by atoms with Gasteiger partial charge in [0.05, 0.1) is 0 Å². The van der Waals surface area contributed by atoms with Gasteiger partial charge in [-0.25, -0.2) is 0 Å². The van der Waals surface area contributed by atoms with Gasteiger partial charge in [0.1, 0.15) is 11.9 Å². The highest BCUT2D eigenvalue weighted by Gasteiger charge is 2.37. The van der Waals surface area contributed by atoms with Gasteiger partial charge in [0, 0.05) is 17.0 Å². The summed E-state index contributed by atoms with van der Waals surface area (Å²) in [6, 6.07) is 65.3. The Kier molecular flexibility index (Phi) is 6.34. The summed E-state index contributed by atoms with van der Waals surface area (Å²) in [6.07, 6.45) is 6.96. The fourth-order valence-electron chi connectivity index (χ4n) is 10.3. The molecule has 1 heterocycles. The van der Waals surface area contributed by atoms with E-state index >= 15 is 0 Å². The van der Waals surface area contributed by atoms with Gasteiger partial charge in [0.15, 0.2) is 0 Å². The SMILES string of the molecule is C1=CC2Oc3c(-c4ccc5ccc6cccc7ccc4c5c67)cc(-c4cc5ccccc5c5ccccc45)cc3C2C=C1c1cc2ccccc2c2ccccc12. The first kappa shape index (κ1) is 31.0. The molecule has 264 valence electrons. The third kappa shape index (κ3) is 4.46. The van der Waals surface area contributed by atoms with E-state index in [1.807, 2.05) is 0 Å². The maximum atomic E-state index is 7.15. The van der Waals surface area contributed by atoms with Gasteiger partial charge in [-0.05, 0) is 134 Å². The maximum absolute atomic E-state index is 7.15. The molecule has 0 radical (unpaired) electrons. The minimum absolute atomic E-state index is 0.0513. The lowest BCUT2D eigenvalue weighted by Crippen LogP contribution is -2.17. The topological polar surface area (TPSA) is 9.23 Å². The molecule has 0 N–H and O–H groups in total. The van der Waals surface area contributed by atoms with Crippen LogP contribution in [0.5, 0.6) is 5.75 Å². The summed E-state index contributed by atoms with van der Waals surface area (Å²) < 4.78 is 7.15. The van der Waals surface area contributed by atoms with E-state index in [2.05, 4.69) is 194 Å². The van der Waals surface area contributed by atoms with E-state index in [1.54, 1.807) is 0 Å². The molecule has 57 heavy (non-hydrogen) atoms. The Labute approximate surface area is 329 Å². The third-order valence-corrected chi connectivity index (χ3v) is 12.9. The zero-order valence-electron chi connectivity index (χ0n) is 31.0. The molecule has 0 bridgehead atoms. The Hall–Kier alpha value is -7.22. The summed E-state index contributed by atoms with van der Waals surface area (Å²) in [4.78, 5) is 0. The van der Waals surface area contributed by atoms with Gasteiger partial charge in [-0.3, -0.25) is 0 Å². The van der Waals surface area contributed by atoms with Crippen LogP contribution >= 0.6 is 0 Å². The van der Waals surface area contributed by atoms with Gasteiger partial charge in [-0.2, -0.15) is 0 Å². The van der Waals surface area contributed by atoms with Gasteiger partial charge < -0.3 is 4.74 Å². The zero-order chi connectivity index (χ0) is 37.2. The first-order valence-corrected chi connectivity index (χ1v) is 20.0. The number of hydrogen-bond donors (Lipinski definition) is 0. The van der Waals surface area contributed by atoms with Gasteiger partial charge in [-0.15, -0.1) is 0 Å². The van der Waals surface area contributed by atoms with Crippen molar-refractivity contribution in [2.75, 3.05) is 0 Å². The summed E-state index contributed by atoms with van der Waals surface area (Å²) in [5.74, 6) is 1.04. The van der Waals surface area contributed by atoms with Crippen molar-refractivity contribution in [3.8, 4) is 28.0 Å². The highest BCUT2D eigenvalue weighted by atomic mass is 16.5. The molecule has 0 saturated heterocycles. The van der Waals surface area contributed by atoms with Gasteiger partial charge in [0.2, 0.25) is 0 Å². The molecule has 1 aliphatic carbocycles. The second-order valence-corrected chi connectivity index (χ2v) is 15.9. The van der Waals surface area contributed by atoms with Crippen molar-refractivity contribution in [1.29, 1.82) is 0 Å². The summed E-state index contributed by atoms with van der Waals surface area (Å²) in [5.41, 5.74) is 8.54. The van der Waals surface area contributed by atoms with Crippen LogP contribution in [0.15, 0.2) is 194 Å². The van der Waals surface area contributed by atoms with Crippen LogP contribution in [0.1, 0.15) is 17.0 Å². The summed E-state index contributed by atoms with van der Waals surface area (Å²) in [6.45, 7) is 0. The normalized spacial score (nSPS) is 16.2. The summed E-state index contributed by atoms with van der Waals surface area (Å²) >= 11 is 0. The van der Waals surface area contributed by atoms with E-state index in [0.29, 0.717) is 0 Å². The Bertz CT molecular complexity index is 3550. The van der Waals surface area contributed by atoms with Crippen LogP contribution in [-0.4, -0.2) is 6.10 Å². The number of ether oxygens (including phenoxy) is 1. The van der Waals surface area contributed by atoms with Crippen molar-refractivity contribution >= 4 is 81.0 Å². The fourth-order valence-corrected chi connectivity index (χ4v) is 10.3. The predicted octanol–water partition coefficient (Wildman–Crippen LogP) is 15.0. The van der Waals surface area contributed by atoms with E-state index < -0.39 is 0 Å². The van der Waals surface area contributed by atoms with Crippen LogP contribution in [0.3, 0.4) is 0 Å². The molecular formula is C56H34O. The average Bonchev–Trinajstić information content (AvgIpc) is 3.65. The van der Waals surface area contributed by atoms with E-state index in [9.17, 15) is 0 Å². The van der Waals surface area contributed by atoms with Gasteiger partial charge in [0.25, 0.3) is 0 Å². The van der Waals surface area contributed by atoms with Crippen LogP contribution in [0, 0.1) is 0 Å². The van der Waals surface area contributed by atoms with Crippen molar-refractivity contribution in [2.45, 2.75) is 12.0 Å². The minimum Gasteiger partial charge on any atom is -0.484 e. The first-order chi connectivity index (χ1) is 28.2. The van der Waals surface area contributed by atoms with Crippen molar-refractivity contribution in [3.63, 3.8) is 0 Å². The van der Waals surface area contributed by atoms with Crippen molar-refractivity contribution in [2.24, 2.45) is 0 Å². The van der Waals surface area contributed by atoms with Crippen molar-refractivity contribution in [3.05, 3.63) is 205 Å². The lowest BCUT2D eigenvalue weighted by Gasteiger charge is -2.20. The van der Waals surface area contributed by atoms with Gasteiger partial charge >= 0.3 is 0 Å². The Morgan fingerprint density at radius 3 is 1.65 bits per heavy atom. The number of fused-ring (bicyclic) bond motifs is 9. The second-order valence-electron chi connectivity index (χ2n) is 15.9. The molecule has 2 unspecified atom stereocenters. The van der Waals surface area contributed by atoms with Crippen molar-refractivity contribution < 1.29 is 4.74 Å². The number of benzene rings is 11. The Morgan fingerprint density at radius 2 is 0.930 bits per heavy atom. The molecule has 2 atom stereocenters. The molecular weight excluding hydrogens is 689 g/mol. The Morgan fingerprint density at radius 1 is 0.368 bits per heavy atom. The van der Waals surface area contributed by atoms with E-state index in [-0.39, 0.29) is 12.0 Å². The van der Waals surface area contributed by atoms with E-state index in [0.717, 1.165) is 11.3 Å². The zero-order valence-corrected chi connectivity index (χ0v) is 31.0. The van der Waals surface area contributed by atoms with Crippen LogP contribution in [0.4, 0.5) is 0 Å². The van der Waals surface area contributed by atoms with E-state index in [1.165, 1.54) is 109 Å². The smallest absolute Gasteiger partial charge is 0.132 e. The standard InChI is InChI=1S/C56H34O/c1-3-14-40-36(10-1)28-48(44-18-7-5-16-42(40)44)38-24-27-53-50(30-38)52-32-39(49-29-37-11-2-4-15-41(37)43-17-6-8-19-45(43)49)31-51(56(52)57-53)46-25-22-35-21-20-33-12-9-13-34-23-26-47(46)55(35)54(33)34/h1-32,50,53H. The highest BCUT2D eigenvalue weighted by Crippen LogP contribution is 2.53. The Balaban J connectivity index is 1.09. The average molecular weight is 723 g/mol. The predicted molar refractivity (Wildman–Crippen MR) is 242 cm³/mol. The third-order valence-electron chi connectivity index (χ3n) is 12.9. The molecule has 0 fully saturated rings. The second kappa shape index (κ2) is 11.6. The molecule has 0 aromatic heterocycles. The highest BCUT2D eigenvalue weighted by molar-refractivity contribution is 6.26. The lowest BCUT2D eigenvalue weighted by molar-refractivity contribution is 0.270. The lowest BCUT2D eigenvalue weighted by atomic mass is 9.82. The molecule has 0 saturated carbocycles. The molecule has 0 amide bonds. The molecule has 0 spiro atoms. The van der Waals surface area contributed by atoms with E-state index in [4.69, 9.17) is 4.74 Å².